The average Bonchev–Trinajstić information content (AvgIpc) is 2.92. The molecule has 184 valence electrons. The maximum absolute atomic E-state index is 13.4. The van der Waals surface area contributed by atoms with Crippen molar-refractivity contribution in [2.45, 2.75) is 39.3 Å². The summed E-state index contributed by atoms with van der Waals surface area (Å²) >= 11 is 0. The fraction of sp³-hybridized carbons (Fsp3) is 0.219. The van der Waals surface area contributed by atoms with Gasteiger partial charge in [-0.2, -0.15) is 0 Å². The van der Waals surface area contributed by atoms with Crippen LogP contribution in [0.25, 0.3) is 0 Å². The zero-order valence-corrected chi connectivity index (χ0v) is 21.1. The Morgan fingerprint density at radius 2 is 1.36 bits per heavy atom. The second-order valence-corrected chi connectivity index (χ2v) is 8.96. The first-order chi connectivity index (χ1) is 17.6. The lowest BCUT2D eigenvalue weighted by atomic mass is 9.98. The number of benzene rings is 4. The van der Waals surface area contributed by atoms with E-state index in [1.165, 1.54) is 0 Å². The van der Waals surface area contributed by atoms with E-state index in [0.29, 0.717) is 24.7 Å². The van der Waals surface area contributed by atoms with Crippen LogP contribution < -0.4 is 14.8 Å². The molecule has 0 saturated carbocycles. The number of carbonyl (C=O) groups excluding carboxylic acids is 1. The zero-order valence-electron chi connectivity index (χ0n) is 21.1. The summed E-state index contributed by atoms with van der Waals surface area (Å²) in [6.45, 7) is 7.08. The summed E-state index contributed by atoms with van der Waals surface area (Å²) in [5.41, 5.74) is 4.59. The van der Waals surface area contributed by atoms with Crippen LogP contribution in [0, 0.1) is 0 Å². The summed E-state index contributed by atoms with van der Waals surface area (Å²) in [5, 5.41) is 3.22. The predicted molar refractivity (Wildman–Crippen MR) is 145 cm³/mol. The fourth-order valence-corrected chi connectivity index (χ4v) is 4.24. The Bertz CT molecular complexity index is 1230. The minimum Gasteiger partial charge on any atom is -0.493 e. The van der Waals surface area contributed by atoms with E-state index in [1.807, 2.05) is 97.9 Å². The van der Waals surface area contributed by atoms with Crippen molar-refractivity contribution in [3.05, 3.63) is 131 Å². The molecule has 36 heavy (non-hydrogen) atoms. The van der Waals surface area contributed by atoms with Crippen molar-refractivity contribution in [3.63, 3.8) is 0 Å². The standard InChI is InChI=1S/C32H33NO3/c1-4-35-29-20-19-26(21-27(29)22-36-30-18-12-11-17-28(30)23(2)3)32(34)33-31(24-13-7-5-8-14-24)25-15-9-6-10-16-25/h5-21,23,31H,4,22H2,1-3H3,(H,33,34). The quantitative estimate of drug-likeness (QED) is 0.259. The summed E-state index contributed by atoms with van der Waals surface area (Å²) in [4.78, 5) is 13.4. The van der Waals surface area contributed by atoms with Crippen molar-refractivity contribution in [2.24, 2.45) is 0 Å². The molecule has 4 aromatic rings. The van der Waals surface area contributed by atoms with E-state index in [-0.39, 0.29) is 11.9 Å². The van der Waals surface area contributed by atoms with Gasteiger partial charge in [-0.1, -0.05) is 92.7 Å². The fourth-order valence-electron chi connectivity index (χ4n) is 4.24. The Labute approximate surface area is 213 Å². The molecule has 0 aromatic heterocycles. The van der Waals surface area contributed by atoms with Gasteiger partial charge in [0.05, 0.1) is 12.6 Å². The normalized spacial score (nSPS) is 10.9. The second kappa shape index (κ2) is 12.1. The highest BCUT2D eigenvalue weighted by molar-refractivity contribution is 5.95. The summed E-state index contributed by atoms with van der Waals surface area (Å²) in [6.07, 6.45) is 0. The molecule has 0 aliphatic rings. The minimum absolute atomic E-state index is 0.153. The van der Waals surface area contributed by atoms with E-state index in [4.69, 9.17) is 9.47 Å². The van der Waals surface area contributed by atoms with Gasteiger partial charge >= 0.3 is 0 Å². The number of hydrogen-bond acceptors (Lipinski definition) is 3. The lowest BCUT2D eigenvalue weighted by Gasteiger charge is -2.21. The van der Waals surface area contributed by atoms with Crippen LogP contribution >= 0.6 is 0 Å². The van der Waals surface area contributed by atoms with Crippen LogP contribution in [0.2, 0.25) is 0 Å². The Hall–Kier alpha value is -4.05. The van der Waals surface area contributed by atoms with Gasteiger partial charge in [-0.15, -0.1) is 0 Å². The van der Waals surface area contributed by atoms with Crippen LogP contribution in [0.15, 0.2) is 103 Å². The van der Waals surface area contributed by atoms with E-state index in [1.54, 1.807) is 6.07 Å². The SMILES string of the molecule is CCOc1ccc(C(=O)NC(c2ccccc2)c2ccccc2)cc1COc1ccccc1C(C)C. The van der Waals surface area contributed by atoms with Gasteiger partial charge in [-0.05, 0) is 53.8 Å². The van der Waals surface area contributed by atoms with Crippen LogP contribution in [0.4, 0.5) is 0 Å². The monoisotopic (exact) mass is 479 g/mol. The van der Waals surface area contributed by atoms with Gasteiger partial charge in [0, 0.05) is 11.1 Å². The van der Waals surface area contributed by atoms with Crippen molar-refractivity contribution in [2.75, 3.05) is 6.61 Å². The molecule has 0 unspecified atom stereocenters. The number of nitrogens with one attached hydrogen (secondary N) is 1. The number of hydrogen-bond donors (Lipinski definition) is 1. The largest absolute Gasteiger partial charge is 0.493 e. The molecule has 1 amide bonds. The second-order valence-electron chi connectivity index (χ2n) is 8.96. The van der Waals surface area contributed by atoms with Gasteiger partial charge in [0.2, 0.25) is 0 Å². The smallest absolute Gasteiger partial charge is 0.252 e. The third-order valence-corrected chi connectivity index (χ3v) is 6.09. The van der Waals surface area contributed by atoms with Crippen LogP contribution in [-0.2, 0) is 6.61 Å². The van der Waals surface area contributed by atoms with E-state index < -0.39 is 0 Å². The van der Waals surface area contributed by atoms with Crippen LogP contribution in [-0.4, -0.2) is 12.5 Å². The topological polar surface area (TPSA) is 47.6 Å². The van der Waals surface area contributed by atoms with Gasteiger partial charge in [-0.3, -0.25) is 4.79 Å². The van der Waals surface area contributed by atoms with Gasteiger partial charge < -0.3 is 14.8 Å². The predicted octanol–water partition coefficient (Wildman–Crippen LogP) is 7.31. The van der Waals surface area contributed by atoms with Crippen molar-refractivity contribution >= 4 is 5.91 Å². The third-order valence-electron chi connectivity index (χ3n) is 6.09. The maximum atomic E-state index is 13.4. The van der Waals surface area contributed by atoms with E-state index in [2.05, 4.69) is 25.2 Å². The lowest BCUT2D eigenvalue weighted by Crippen LogP contribution is -2.29. The minimum atomic E-state index is -0.260. The van der Waals surface area contributed by atoms with Gasteiger partial charge in [-0.25, -0.2) is 0 Å². The summed E-state index contributed by atoms with van der Waals surface area (Å²) in [7, 11) is 0. The van der Waals surface area contributed by atoms with Crippen molar-refractivity contribution in [3.8, 4) is 11.5 Å². The molecule has 0 saturated heterocycles. The lowest BCUT2D eigenvalue weighted by molar-refractivity contribution is 0.0942. The highest BCUT2D eigenvalue weighted by Crippen LogP contribution is 2.29. The zero-order chi connectivity index (χ0) is 25.3. The molecule has 1 N–H and O–H groups in total. The Morgan fingerprint density at radius 1 is 0.750 bits per heavy atom. The first-order valence-corrected chi connectivity index (χ1v) is 12.4. The average molecular weight is 480 g/mol. The molecular weight excluding hydrogens is 446 g/mol. The summed E-state index contributed by atoms with van der Waals surface area (Å²) in [6, 6.07) is 33.3. The first-order valence-electron chi connectivity index (χ1n) is 12.4. The van der Waals surface area contributed by atoms with E-state index in [9.17, 15) is 4.79 Å². The molecule has 0 aliphatic heterocycles. The van der Waals surface area contributed by atoms with Crippen LogP contribution in [0.1, 0.15) is 65.3 Å². The number of rotatable bonds is 10. The number of para-hydroxylation sites is 1. The molecule has 0 fully saturated rings. The number of amides is 1. The first kappa shape index (κ1) is 25.1. The van der Waals surface area contributed by atoms with Crippen molar-refractivity contribution < 1.29 is 14.3 Å². The summed E-state index contributed by atoms with van der Waals surface area (Å²) < 4.78 is 12.1. The highest BCUT2D eigenvalue weighted by atomic mass is 16.5. The molecule has 0 radical (unpaired) electrons. The van der Waals surface area contributed by atoms with Crippen LogP contribution in [0.5, 0.6) is 11.5 Å². The van der Waals surface area contributed by atoms with E-state index >= 15 is 0 Å². The van der Waals surface area contributed by atoms with Crippen LogP contribution in [0.3, 0.4) is 0 Å². The molecule has 4 aromatic carbocycles. The van der Waals surface area contributed by atoms with Crippen molar-refractivity contribution in [1.82, 2.24) is 5.32 Å². The highest BCUT2D eigenvalue weighted by Gasteiger charge is 2.19. The maximum Gasteiger partial charge on any atom is 0.252 e. The molecule has 0 aliphatic carbocycles. The van der Waals surface area contributed by atoms with Gasteiger partial charge in [0.1, 0.15) is 18.1 Å². The molecule has 0 heterocycles. The molecule has 0 atom stereocenters. The third kappa shape index (κ3) is 6.14. The molecule has 4 heteroatoms. The Balaban J connectivity index is 1.59. The molecule has 4 rings (SSSR count). The summed E-state index contributed by atoms with van der Waals surface area (Å²) in [5.74, 6) is 1.76. The Kier molecular flexibility index (Phi) is 8.40. The van der Waals surface area contributed by atoms with Crippen molar-refractivity contribution in [1.29, 1.82) is 0 Å². The molecule has 4 nitrogen and oxygen atoms in total. The molecule has 0 spiro atoms. The van der Waals surface area contributed by atoms with Gasteiger partial charge in [0.15, 0.2) is 0 Å². The number of carbonyl (C=O) groups is 1. The number of ether oxygens (including phenoxy) is 2. The van der Waals surface area contributed by atoms with E-state index in [0.717, 1.165) is 33.8 Å². The molecular formula is C32H33NO3. The molecule has 0 bridgehead atoms. The van der Waals surface area contributed by atoms with Gasteiger partial charge in [0.25, 0.3) is 5.91 Å². The Morgan fingerprint density at radius 3 is 1.97 bits per heavy atom.